The van der Waals surface area contributed by atoms with E-state index in [0.29, 0.717) is 6.61 Å². The molecule has 2 aliphatic heterocycles. The molecule has 0 aliphatic carbocycles. The van der Waals surface area contributed by atoms with Crippen molar-refractivity contribution in [2.24, 2.45) is 0 Å². The molecule has 0 saturated carbocycles. The molecule has 1 fully saturated rings. The fourth-order valence-electron chi connectivity index (χ4n) is 5.10. The van der Waals surface area contributed by atoms with Gasteiger partial charge in [0.05, 0.1) is 26.0 Å². The predicted octanol–water partition coefficient (Wildman–Crippen LogP) is 4.54. The van der Waals surface area contributed by atoms with Gasteiger partial charge in [-0.25, -0.2) is 0 Å². The molecule has 0 bridgehead atoms. The van der Waals surface area contributed by atoms with Crippen LogP contribution in [0.3, 0.4) is 0 Å². The van der Waals surface area contributed by atoms with Gasteiger partial charge in [-0.05, 0) is 54.8 Å². The van der Waals surface area contributed by atoms with Crippen LogP contribution in [0, 0.1) is 0 Å². The highest BCUT2D eigenvalue weighted by molar-refractivity contribution is 5.45. The minimum absolute atomic E-state index is 0.256. The summed E-state index contributed by atoms with van der Waals surface area (Å²) in [5.74, 6) is 3.54. The fraction of sp³-hybridized carbons (Fsp3) is 0.414. The van der Waals surface area contributed by atoms with Crippen LogP contribution in [-0.4, -0.2) is 61.3 Å². The highest BCUT2D eigenvalue weighted by Gasteiger charge is 2.23. The van der Waals surface area contributed by atoms with Gasteiger partial charge in [0.2, 0.25) is 0 Å². The van der Waals surface area contributed by atoms with Crippen LogP contribution in [0.25, 0.3) is 0 Å². The zero-order chi connectivity index (χ0) is 24.7. The molecule has 3 aromatic rings. The first kappa shape index (κ1) is 24.4. The van der Waals surface area contributed by atoms with Crippen molar-refractivity contribution in [1.29, 1.82) is 0 Å². The number of nitrogens with zero attached hydrogens (tertiary/aromatic N) is 3. The van der Waals surface area contributed by atoms with E-state index in [2.05, 4.69) is 33.0 Å². The molecule has 2 aromatic carbocycles. The number of rotatable bonds is 8. The van der Waals surface area contributed by atoms with Crippen LogP contribution in [0.1, 0.15) is 29.5 Å². The number of aromatic nitrogens is 1. The molecule has 1 aromatic heterocycles. The van der Waals surface area contributed by atoms with Gasteiger partial charge in [0.15, 0.2) is 0 Å². The summed E-state index contributed by atoms with van der Waals surface area (Å²) in [6, 6.07) is 16.5. The number of fused-ring (bicyclic) bond motifs is 1. The lowest BCUT2D eigenvalue weighted by atomic mass is 10.0. The van der Waals surface area contributed by atoms with E-state index in [0.717, 1.165) is 80.7 Å². The number of benzene rings is 2. The average molecular weight is 490 g/mol. The molecule has 190 valence electrons. The van der Waals surface area contributed by atoms with E-state index >= 15 is 0 Å². The molecule has 2 aliphatic rings. The lowest BCUT2D eigenvalue weighted by Crippen LogP contribution is -2.37. The first-order valence-electron chi connectivity index (χ1n) is 12.7. The van der Waals surface area contributed by atoms with Crippen molar-refractivity contribution in [2.45, 2.75) is 38.6 Å². The minimum atomic E-state index is 0.256. The van der Waals surface area contributed by atoms with Crippen LogP contribution >= 0.6 is 0 Å². The zero-order valence-electron chi connectivity index (χ0n) is 21.2. The summed E-state index contributed by atoms with van der Waals surface area (Å²) in [6.07, 6.45) is 5.87. The van der Waals surface area contributed by atoms with Crippen LogP contribution in [0.2, 0.25) is 0 Å². The van der Waals surface area contributed by atoms with E-state index in [-0.39, 0.29) is 6.10 Å². The van der Waals surface area contributed by atoms with Crippen molar-refractivity contribution in [3.05, 3.63) is 77.6 Å². The molecule has 0 amide bonds. The van der Waals surface area contributed by atoms with Crippen LogP contribution < -0.4 is 18.9 Å². The number of ether oxygens (including phenoxy) is 4. The first-order valence-corrected chi connectivity index (χ1v) is 12.7. The lowest BCUT2D eigenvalue weighted by Gasteiger charge is -2.32. The Morgan fingerprint density at radius 1 is 0.917 bits per heavy atom. The molecule has 7 heteroatoms. The first-order chi connectivity index (χ1) is 17.7. The van der Waals surface area contributed by atoms with Crippen molar-refractivity contribution in [3.8, 4) is 23.0 Å². The van der Waals surface area contributed by atoms with Gasteiger partial charge in [-0.3, -0.25) is 14.8 Å². The summed E-state index contributed by atoms with van der Waals surface area (Å²) >= 11 is 0. The molecular formula is C29H35N3O4. The maximum absolute atomic E-state index is 6.11. The molecule has 0 atom stereocenters. The Labute approximate surface area is 213 Å². The SMILES string of the molecule is COc1cccc(OC)c1CN1CCOc2ccc(CN3CCC(Oc4cccnc4)CC3)cc2C1. The Balaban J connectivity index is 1.21. The molecule has 0 radical (unpaired) electrons. The summed E-state index contributed by atoms with van der Waals surface area (Å²) in [7, 11) is 3.42. The number of methoxy groups -OCH3 is 2. The molecular weight excluding hydrogens is 454 g/mol. The van der Waals surface area contributed by atoms with Crippen LogP contribution in [0.4, 0.5) is 0 Å². The zero-order valence-corrected chi connectivity index (χ0v) is 21.2. The second-order valence-corrected chi connectivity index (χ2v) is 9.42. The van der Waals surface area contributed by atoms with Crippen molar-refractivity contribution in [1.82, 2.24) is 14.8 Å². The fourth-order valence-corrected chi connectivity index (χ4v) is 5.10. The van der Waals surface area contributed by atoms with E-state index in [9.17, 15) is 0 Å². The molecule has 36 heavy (non-hydrogen) atoms. The van der Waals surface area contributed by atoms with Crippen molar-refractivity contribution >= 4 is 0 Å². The van der Waals surface area contributed by atoms with Gasteiger partial charge in [-0.1, -0.05) is 12.1 Å². The number of pyridine rings is 1. The van der Waals surface area contributed by atoms with Crippen LogP contribution in [-0.2, 0) is 19.6 Å². The van der Waals surface area contributed by atoms with E-state index < -0.39 is 0 Å². The third-order valence-corrected chi connectivity index (χ3v) is 6.97. The number of hydrogen-bond donors (Lipinski definition) is 0. The third-order valence-electron chi connectivity index (χ3n) is 6.97. The summed E-state index contributed by atoms with van der Waals surface area (Å²) in [5, 5.41) is 0. The maximum Gasteiger partial charge on any atom is 0.137 e. The molecule has 5 rings (SSSR count). The highest BCUT2D eigenvalue weighted by atomic mass is 16.5. The van der Waals surface area contributed by atoms with Gasteiger partial charge in [-0.2, -0.15) is 0 Å². The Morgan fingerprint density at radius 2 is 1.72 bits per heavy atom. The Hall–Kier alpha value is -3.29. The van der Waals surface area contributed by atoms with Crippen LogP contribution in [0.5, 0.6) is 23.0 Å². The third kappa shape index (κ3) is 5.91. The van der Waals surface area contributed by atoms with E-state index in [1.807, 2.05) is 30.3 Å². The van der Waals surface area contributed by atoms with E-state index in [1.54, 1.807) is 26.6 Å². The lowest BCUT2D eigenvalue weighted by molar-refractivity contribution is 0.0965. The molecule has 7 nitrogen and oxygen atoms in total. The summed E-state index contributed by atoms with van der Waals surface area (Å²) < 4.78 is 23.5. The average Bonchev–Trinajstić information content (AvgIpc) is 3.12. The van der Waals surface area contributed by atoms with Crippen molar-refractivity contribution in [2.75, 3.05) is 40.5 Å². The Bertz CT molecular complexity index is 1110. The maximum atomic E-state index is 6.11. The van der Waals surface area contributed by atoms with Crippen molar-refractivity contribution in [3.63, 3.8) is 0 Å². The largest absolute Gasteiger partial charge is 0.496 e. The summed E-state index contributed by atoms with van der Waals surface area (Å²) in [6.45, 7) is 6.06. The van der Waals surface area contributed by atoms with Gasteiger partial charge in [0, 0.05) is 51.0 Å². The summed E-state index contributed by atoms with van der Waals surface area (Å²) in [5.41, 5.74) is 3.62. The topological polar surface area (TPSA) is 56.3 Å². The van der Waals surface area contributed by atoms with Gasteiger partial charge in [0.25, 0.3) is 0 Å². The summed E-state index contributed by atoms with van der Waals surface area (Å²) in [4.78, 5) is 9.06. The van der Waals surface area contributed by atoms with Crippen molar-refractivity contribution < 1.29 is 18.9 Å². The second-order valence-electron chi connectivity index (χ2n) is 9.42. The van der Waals surface area contributed by atoms with E-state index in [4.69, 9.17) is 18.9 Å². The van der Waals surface area contributed by atoms with Gasteiger partial charge < -0.3 is 18.9 Å². The Morgan fingerprint density at radius 3 is 2.44 bits per heavy atom. The molecule has 3 heterocycles. The molecule has 0 N–H and O–H groups in total. The van der Waals surface area contributed by atoms with Gasteiger partial charge in [0.1, 0.15) is 35.7 Å². The van der Waals surface area contributed by atoms with E-state index in [1.165, 1.54) is 11.1 Å². The predicted molar refractivity (Wildman–Crippen MR) is 139 cm³/mol. The quantitative estimate of drug-likeness (QED) is 0.461. The number of likely N-dealkylation sites (tertiary alicyclic amines) is 1. The minimum Gasteiger partial charge on any atom is -0.496 e. The Kier molecular flexibility index (Phi) is 7.88. The normalized spacial score (nSPS) is 17.1. The standard InChI is InChI=1S/C29H35N3O4/c1-33-28-6-3-7-29(34-2)26(28)21-32-15-16-35-27-9-8-22(17-23(27)20-32)19-31-13-10-24(11-14-31)36-25-5-4-12-30-18-25/h3-9,12,17-18,24H,10-11,13-16,19-21H2,1-2H3. The van der Waals surface area contributed by atoms with Gasteiger partial charge in [-0.15, -0.1) is 0 Å². The monoisotopic (exact) mass is 489 g/mol. The number of hydrogen-bond acceptors (Lipinski definition) is 7. The van der Waals surface area contributed by atoms with Crippen LogP contribution in [0.15, 0.2) is 60.9 Å². The second kappa shape index (κ2) is 11.6. The smallest absolute Gasteiger partial charge is 0.137 e. The molecule has 0 spiro atoms. The van der Waals surface area contributed by atoms with Gasteiger partial charge >= 0.3 is 0 Å². The highest BCUT2D eigenvalue weighted by Crippen LogP contribution is 2.32. The molecule has 0 unspecified atom stereocenters. The molecule has 1 saturated heterocycles. The number of piperidine rings is 1.